The second-order valence-corrected chi connectivity index (χ2v) is 13.2. The molecule has 9 aromatic carbocycles. The maximum atomic E-state index is 6.69. The van der Waals surface area contributed by atoms with Crippen LogP contribution in [0, 0.1) is 0 Å². The molecule has 11 aromatic rings. The van der Waals surface area contributed by atoms with Crippen LogP contribution >= 0.6 is 0 Å². The number of furan rings is 2. The Balaban J connectivity index is 1.10. The zero-order valence-electron chi connectivity index (χ0n) is 27.0. The predicted octanol–water partition coefficient (Wildman–Crippen LogP) is 13.9. The van der Waals surface area contributed by atoms with Crippen LogP contribution in [0.1, 0.15) is 0 Å². The van der Waals surface area contributed by atoms with Crippen LogP contribution in [-0.2, 0) is 0 Å². The molecule has 0 amide bonds. The summed E-state index contributed by atoms with van der Waals surface area (Å²) in [4.78, 5) is 0. The normalized spacial score (nSPS) is 12.0. The lowest BCUT2D eigenvalue weighted by molar-refractivity contribution is 0.668. The van der Waals surface area contributed by atoms with Crippen molar-refractivity contribution < 1.29 is 8.83 Å². The molecule has 2 heteroatoms. The Morgan fingerprint density at radius 3 is 1.56 bits per heavy atom. The van der Waals surface area contributed by atoms with Gasteiger partial charge in [0.2, 0.25) is 0 Å². The first kappa shape index (κ1) is 27.3. The lowest BCUT2D eigenvalue weighted by Gasteiger charge is -2.17. The van der Waals surface area contributed by atoms with Gasteiger partial charge in [-0.3, -0.25) is 0 Å². The molecule has 2 aromatic heterocycles. The van der Waals surface area contributed by atoms with E-state index in [4.69, 9.17) is 8.83 Å². The second kappa shape index (κ2) is 10.4. The average molecular weight is 637 g/mol. The minimum atomic E-state index is 0.863. The van der Waals surface area contributed by atoms with Crippen molar-refractivity contribution in [3.05, 3.63) is 170 Å². The van der Waals surface area contributed by atoms with Crippen molar-refractivity contribution in [1.82, 2.24) is 0 Å². The van der Waals surface area contributed by atoms with Gasteiger partial charge in [0.1, 0.15) is 22.3 Å². The lowest BCUT2D eigenvalue weighted by Crippen LogP contribution is -1.90. The number of fused-ring (bicyclic) bond motifs is 10. The van der Waals surface area contributed by atoms with Gasteiger partial charge in [0.05, 0.1) is 0 Å². The van der Waals surface area contributed by atoms with Crippen molar-refractivity contribution >= 4 is 76.2 Å². The fourth-order valence-electron chi connectivity index (χ4n) is 8.25. The number of hydrogen-bond donors (Lipinski definition) is 0. The highest BCUT2D eigenvalue weighted by Gasteiger charge is 2.19. The first-order chi connectivity index (χ1) is 24.8. The highest BCUT2D eigenvalue weighted by molar-refractivity contribution is 6.23. The maximum absolute atomic E-state index is 6.69. The van der Waals surface area contributed by atoms with E-state index in [9.17, 15) is 0 Å². The van der Waals surface area contributed by atoms with Crippen LogP contribution in [0.2, 0.25) is 0 Å². The van der Waals surface area contributed by atoms with Crippen molar-refractivity contribution in [2.75, 3.05) is 0 Å². The van der Waals surface area contributed by atoms with Gasteiger partial charge in [0, 0.05) is 27.1 Å². The summed E-state index contributed by atoms with van der Waals surface area (Å²) in [5, 5.41) is 11.9. The molecule has 0 unspecified atom stereocenters. The number of rotatable bonds is 3. The smallest absolute Gasteiger partial charge is 0.143 e. The molecule has 0 saturated carbocycles. The number of hydrogen-bond acceptors (Lipinski definition) is 2. The van der Waals surface area contributed by atoms with Gasteiger partial charge in [-0.25, -0.2) is 0 Å². The van der Waals surface area contributed by atoms with Crippen LogP contribution in [0.15, 0.2) is 179 Å². The summed E-state index contributed by atoms with van der Waals surface area (Å²) in [6, 6.07) is 60.7. The first-order valence-electron chi connectivity index (χ1n) is 17.1. The Bertz CT molecular complexity index is 3080. The van der Waals surface area contributed by atoms with Crippen LogP contribution < -0.4 is 0 Å². The Morgan fingerprint density at radius 2 is 0.860 bits per heavy atom. The summed E-state index contributed by atoms with van der Waals surface area (Å²) in [5.74, 6) is 0. The molecule has 2 nitrogen and oxygen atoms in total. The van der Waals surface area contributed by atoms with Crippen LogP contribution in [0.5, 0.6) is 0 Å². The summed E-state index contributed by atoms with van der Waals surface area (Å²) < 4.78 is 13.3. The Hall–Kier alpha value is -6.64. The molecule has 0 N–H and O–H groups in total. The standard InChI is InChI=1S/C48H28O2/c1-2-12-30(13-3-1)45-37-15-6-8-17-39(37)46(40-18-9-7-16-38(40)45)32-22-25-36-35-24-21-31(27-43(35)49-44(36)28-32)34-19-10-20-41-47-33-14-5-4-11-29(33)23-26-42(47)50-48(34)41/h1-28H. The van der Waals surface area contributed by atoms with Crippen LogP contribution in [0.3, 0.4) is 0 Å². The van der Waals surface area contributed by atoms with E-state index >= 15 is 0 Å². The highest BCUT2D eigenvalue weighted by atomic mass is 16.3. The third-order valence-corrected chi connectivity index (χ3v) is 10.5. The lowest BCUT2D eigenvalue weighted by atomic mass is 9.86. The topological polar surface area (TPSA) is 26.3 Å². The van der Waals surface area contributed by atoms with Gasteiger partial charge in [0.25, 0.3) is 0 Å². The molecule has 0 radical (unpaired) electrons. The Kier molecular flexibility index (Phi) is 5.70. The molecule has 0 spiro atoms. The van der Waals surface area contributed by atoms with E-state index in [0.29, 0.717) is 0 Å². The largest absolute Gasteiger partial charge is 0.456 e. The quantitative estimate of drug-likeness (QED) is 0.180. The average Bonchev–Trinajstić information content (AvgIpc) is 3.75. The Labute approximate surface area is 287 Å². The summed E-state index contributed by atoms with van der Waals surface area (Å²) in [7, 11) is 0. The van der Waals surface area contributed by atoms with Gasteiger partial charge in [-0.2, -0.15) is 0 Å². The van der Waals surface area contributed by atoms with Crippen molar-refractivity contribution in [1.29, 1.82) is 0 Å². The first-order valence-corrected chi connectivity index (χ1v) is 17.1. The molecule has 0 aliphatic rings. The minimum Gasteiger partial charge on any atom is -0.456 e. The molecule has 0 fully saturated rings. The van der Waals surface area contributed by atoms with Crippen LogP contribution in [0.4, 0.5) is 0 Å². The van der Waals surface area contributed by atoms with Crippen molar-refractivity contribution in [3.8, 4) is 33.4 Å². The fraction of sp³-hybridized carbons (Fsp3) is 0. The molecule has 11 rings (SSSR count). The SMILES string of the molecule is c1ccc(-c2c3ccccc3c(-c3ccc4c(c3)oc3cc(-c5cccc6c5oc5ccc7ccccc7c56)ccc34)c3ccccc23)cc1. The molecular weight excluding hydrogens is 609 g/mol. The second-order valence-electron chi connectivity index (χ2n) is 13.2. The number of benzene rings is 9. The van der Waals surface area contributed by atoms with Gasteiger partial charge < -0.3 is 8.83 Å². The minimum absolute atomic E-state index is 0.863. The van der Waals surface area contributed by atoms with Crippen LogP contribution in [0.25, 0.3) is 110 Å². The molecule has 232 valence electrons. The number of para-hydroxylation sites is 1. The molecule has 0 saturated heterocycles. The monoisotopic (exact) mass is 636 g/mol. The van der Waals surface area contributed by atoms with E-state index in [-0.39, 0.29) is 0 Å². The molecule has 0 bridgehead atoms. The molecule has 2 heterocycles. The van der Waals surface area contributed by atoms with E-state index in [1.54, 1.807) is 0 Å². The zero-order valence-corrected chi connectivity index (χ0v) is 27.0. The van der Waals surface area contributed by atoms with Gasteiger partial charge in [-0.1, -0.05) is 140 Å². The maximum Gasteiger partial charge on any atom is 0.143 e. The zero-order chi connectivity index (χ0) is 32.8. The summed E-state index contributed by atoms with van der Waals surface area (Å²) in [5.41, 5.74) is 10.5. The van der Waals surface area contributed by atoms with Crippen LogP contribution in [-0.4, -0.2) is 0 Å². The molecule has 0 aliphatic heterocycles. The van der Waals surface area contributed by atoms with Gasteiger partial charge in [-0.15, -0.1) is 0 Å². The van der Waals surface area contributed by atoms with E-state index in [1.165, 1.54) is 49.0 Å². The van der Waals surface area contributed by atoms with Crippen molar-refractivity contribution in [2.45, 2.75) is 0 Å². The highest BCUT2D eigenvalue weighted by Crippen LogP contribution is 2.45. The van der Waals surface area contributed by atoms with E-state index in [0.717, 1.165) is 60.6 Å². The van der Waals surface area contributed by atoms with E-state index < -0.39 is 0 Å². The molecule has 0 atom stereocenters. The van der Waals surface area contributed by atoms with Gasteiger partial charge >= 0.3 is 0 Å². The van der Waals surface area contributed by atoms with Gasteiger partial charge in [-0.05, 0) is 90.5 Å². The van der Waals surface area contributed by atoms with E-state index in [1.807, 2.05) is 0 Å². The predicted molar refractivity (Wildman–Crippen MR) is 210 cm³/mol. The summed E-state index contributed by atoms with van der Waals surface area (Å²) in [6.07, 6.45) is 0. The van der Waals surface area contributed by atoms with E-state index in [2.05, 4.69) is 170 Å². The summed E-state index contributed by atoms with van der Waals surface area (Å²) in [6.45, 7) is 0. The van der Waals surface area contributed by atoms with Crippen molar-refractivity contribution in [3.63, 3.8) is 0 Å². The third kappa shape index (κ3) is 3.90. The Morgan fingerprint density at radius 1 is 0.300 bits per heavy atom. The van der Waals surface area contributed by atoms with Crippen molar-refractivity contribution in [2.24, 2.45) is 0 Å². The third-order valence-electron chi connectivity index (χ3n) is 10.5. The fourth-order valence-corrected chi connectivity index (χ4v) is 8.25. The molecular formula is C48H28O2. The molecule has 50 heavy (non-hydrogen) atoms. The molecule has 0 aliphatic carbocycles. The summed E-state index contributed by atoms with van der Waals surface area (Å²) >= 11 is 0. The van der Waals surface area contributed by atoms with Gasteiger partial charge in [0.15, 0.2) is 0 Å².